The standard InChI is InChI=1S/C23H23N7O/c1-14(17-6-8-26-22-18(23(31)24-3)7-9-25-21(17)22)11-28-20-10-19(29-13-30-20)16-5-4-15(2)27-12-16/h4-10,12-14H,11H2,1-3H3,(H,24,31)(H,28,29,30)/t14-/m1/s1. The summed E-state index contributed by atoms with van der Waals surface area (Å²) in [6.45, 7) is 4.68. The van der Waals surface area contributed by atoms with Crippen LogP contribution in [0.4, 0.5) is 5.82 Å². The quantitative estimate of drug-likeness (QED) is 0.499. The summed E-state index contributed by atoms with van der Waals surface area (Å²) in [6.07, 6.45) is 6.71. The van der Waals surface area contributed by atoms with Crippen LogP contribution in [-0.4, -0.2) is 44.4 Å². The second-order valence-corrected chi connectivity index (χ2v) is 7.29. The van der Waals surface area contributed by atoms with Crippen molar-refractivity contribution in [3.05, 3.63) is 72.1 Å². The minimum Gasteiger partial charge on any atom is -0.369 e. The topological polar surface area (TPSA) is 106 Å². The van der Waals surface area contributed by atoms with Crippen molar-refractivity contribution < 1.29 is 4.79 Å². The molecule has 8 nitrogen and oxygen atoms in total. The Hall–Kier alpha value is -3.94. The van der Waals surface area contributed by atoms with Crippen LogP contribution < -0.4 is 10.6 Å². The van der Waals surface area contributed by atoms with Crippen LogP contribution in [0.25, 0.3) is 22.3 Å². The lowest BCUT2D eigenvalue weighted by Crippen LogP contribution is -2.19. The molecule has 8 heteroatoms. The normalized spacial score (nSPS) is 11.8. The van der Waals surface area contributed by atoms with E-state index in [0.29, 0.717) is 17.6 Å². The lowest BCUT2D eigenvalue weighted by Gasteiger charge is -2.16. The molecule has 0 aliphatic carbocycles. The van der Waals surface area contributed by atoms with Gasteiger partial charge in [0.05, 0.1) is 16.8 Å². The first-order valence-electron chi connectivity index (χ1n) is 10.0. The monoisotopic (exact) mass is 413 g/mol. The van der Waals surface area contributed by atoms with Gasteiger partial charge in [0, 0.05) is 55.4 Å². The van der Waals surface area contributed by atoms with Gasteiger partial charge < -0.3 is 10.6 Å². The minimum absolute atomic E-state index is 0.109. The van der Waals surface area contributed by atoms with E-state index >= 15 is 0 Å². The zero-order valence-corrected chi connectivity index (χ0v) is 17.6. The molecular formula is C23H23N7O. The third-order valence-corrected chi connectivity index (χ3v) is 5.12. The molecule has 0 bridgehead atoms. The zero-order valence-electron chi connectivity index (χ0n) is 17.6. The first-order chi connectivity index (χ1) is 15.1. The molecule has 0 radical (unpaired) electrons. The molecule has 0 aromatic carbocycles. The predicted molar refractivity (Wildman–Crippen MR) is 120 cm³/mol. The van der Waals surface area contributed by atoms with E-state index < -0.39 is 0 Å². The van der Waals surface area contributed by atoms with Gasteiger partial charge >= 0.3 is 0 Å². The van der Waals surface area contributed by atoms with E-state index in [0.717, 1.165) is 33.8 Å². The van der Waals surface area contributed by atoms with E-state index in [2.05, 4.69) is 42.5 Å². The van der Waals surface area contributed by atoms with Gasteiger partial charge in [-0.05, 0) is 36.8 Å². The summed E-state index contributed by atoms with van der Waals surface area (Å²) in [5.41, 5.74) is 5.57. The van der Waals surface area contributed by atoms with Crippen molar-refractivity contribution in [3.63, 3.8) is 0 Å². The van der Waals surface area contributed by atoms with Crippen LogP contribution in [0.2, 0.25) is 0 Å². The average molecular weight is 413 g/mol. The van der Waals surface area contributed by atoms with Gasteiger partial charge in [0.25, 0.3) is 5.91 Å². The number of aryl methyl sites for hydroxylation is 1. The Morgan fingerprint density at radius 1 is 1.00 bits per heavy atom. The molecule has 0 fully saturated rings. The molecule has 4 heterocycles. The number of hydrogen-bond donors (Lipinski definition) is 2. The molecule has 2 N–H and O–H groups in total. The van der Waals surface area contributed by atoms with Crippen LogP contribution in [0.5, 0.6) is 0 Å². The van der Waals surface area contributed by atoms with E-state index in [1.54, 1.807) is 31.8 Å². The van der Waals surface area contributed by atoms with Gasteiger partial charge in [-0.1, -0.05) is 6.92 Å². The van der Waals surface area contributed by atoms with Gasteiger partial charge in [-0.2, -0.15) is 0 Å². The molecule has 31 heavy (non-hydrogen) atoms. The Balaban J connectivity index is 1.55. The average Bonchev–Trinajstić information content (AvgIpc) is 2.82. The van der Waals surface area contributed by atoms with Crippen molar-refractivity contribution in [2.24, 2.45) is 0 Å². The summed E-state index contributed by atoms with van der Waals surface area (Å²) in [5, 5.41) is 6.03. The molecule has 0 saturated heterocycles. The van der Waals surface area contributed by atoms with Crippen LogP contribution in [0, 0.1) is 6.92 Å². The van der Waals surface area contributed by atoms with Crippen LogP contribution >= 0.6 is 0 Å². The maximum absolute atomic E-state index is 12.2. The van der Waals surface area contributed by atoms with E-state index in [4.69, 9.17) is 0 Å². The van der Waals surface area contributed by atoms with Gasteiger partial charge in [0.1, 0.15) is 17.7 Å². The summed E-state index contributed by atoms with van der Waals surface area (Å²) in [7, 11) is 1.60. The van der Waals surface area contributed by atoms with Crippen LogP contribution in [0.1, 0.15) is 34.5 Å². The van der Waals surface area contributed by atoms with Crippen molar-refractivity contribution in [2.45, 2.75) is 19.8 Å². The fourth-order valence-electron chi connectivity index (χ4n) is 3.38. The molecular weight excluding hydrogens is 390 g/mol. The van der Waals surface area contributed by atoms with Crippen LogP contribution in [-0.2, 0) is 0 Å². The van der Waals surface area contributed by atoms with Crippen molar-refractivity contribution in [1.82, 2.24) is 30.2 Å². The highest BCUT2D eigenvalue weighted by atomic mass is 16.1. The molecule has 0 unspecified atom stereocenters. The van der Waals surface area contributed by atoms with E-state index in [-0.39, 0.29) is 11.8 Å². The van der Waals surface area contributed by atoms with Crippen molar-refractivity contribution >= 4 is 22.8 Å². The number of rotatable bonds is 6. The Bertz CT molecular complexity index is 1220. The fourth-order valence-corrected chi connectivity index (χ4v) is 3.38. The number of aromatic nitrogens is 5. The zero-order chi connectivity index (χ0) is 21.8. The second-order valence-electron chi connectivity index (χ2n) is 7.29. The summed E-state index contributed by atoms with van der Waals surface area (Å²) in [5.74, 6) is 0.661. The number of nitrogens with one attached hydrogen (secondary N) is 2. The van der Waals surface area contributed by atoms with Gasteiger partial charge in [0.2, 0.25) is 0 Å². The van der Waals surface area contributed by atoms with E-state index in [1.807, 2.05) is 37.4 Å². The number of pyridine rings is 3. The summed E-state index contributed by atoms with van der Waals surface area (Å²) < 4.78 is 0. The van der Waals surface area contributed by atoms with Gasteiger partial charge in [0.15, 0.2) is 0 Å². The fraction of sp³-hybridized carbons (Fsp3) is 0.217. The van der Waals surface area contributed by atoms with Gasteiger partial charge in [-0.3, -0.25) is 19.7 Å². The van der Waals surface area contributed by atoms with E-state index in [1.165, 1.54) is 0 Å². The third kappa shape index (κ3) is 4.32. The number of fused-ring (bicyclic) bond motifs is 1. The Kier molecular flexibility index (Phi) is 5.79. The van der Waals surface area contributed by atoms with Crippen LogP contribution in [0.15, 0.2) is 55.2 Å². The first-order valence-corrected chi connectivity index (χ1v) is 10.0. The number of carbonyl (C=O) groups excluding carboxylic acids is 1. The molecule has 0 aliphatic heterocycles. The summed E-state index contributed by atoms with van der Waals surface area (Å²) in [6, 6.07) is 9.49. The molecule has 156 valence electrons. The molecule has 1 atom stereocenters. The molecule has 0 spiro atoms. The van der Waals surface area contributed by atoms with Crippen LogP contribution in [0.3, 0.4) is 0 Å². The number of nitrogens with zero attached hydrogens (tertiary/aromatic N) is 5. The minimum atomic E-state index is -0.179. The molecule has 0 aliphatic rings. The number of hydrogen-bond acceptors (Lipinski definition) is 7. The SMILES string of the molecule is CNC(=O)c1ccnc2c([C@H](C)CNc3cc(-c4ccc(C)nc4)ncn3)ccnc12. The highest BCUT2D eigenvalue weighted by Crippen LogP contribution is 2.25. The number of carbonyl (C=O) groups is 1. The lowest BCUT2D eigenvalue weighted by molar-refractivity contribution is 0.0964. The molecule has 4 aromatic heterocycles. The molecule has 4 rings (SSSR count). The maximum atomic E-state index is 12.2. The van der Waals surface area contributed by atoms with Crippen molar-refractivity contribution in [1.29, 1.82) is 0 Å². The first kappa shape index (κ1) is 20.3. The highest BCUT2D eigenvalue weighted by Gasteiger charge is 2.16. The maximum Gasteiger partial charge on any atom is 0.253 e. The Morgan fingerprint density at radius 3 is 2.58 bits per heavy atom. The molecule has 1 amide bonds. The van der Waals surface area contributed by atoms with Crippen molar-refractivity contribution in [2.75, 3.05) is 18.9 Å². The molecule has 4 aromatic rings. The summed E-state index contributed by atoms with van der Waals surface area (Å²) >= 11 is 0. The van der Waals surface area contributed by atoms with Crippen molar-refractivity contribution in [3.8, 4) is 11.3 Å². The smallest absolute Gasteiger partial charge is 0.253 e. The summed E-state index contributed by atoms with van der Waals surface area (Å²) in [4.78, 5) is 34.1. The predicted octanol–water partition coefficient (Wildman–Crippen LogP) is 3.37. The van der Waals surface area contributed by atoms with Gasteiger partial charge in [-0.25, -0.2) is 9.97 Å². The number of amides is 1. The second kappa shape index (κ2) is 8.83. The molecule has 0 saturated carbocycles. The van der Waals surface area contributed by atoms with Gasteiger partial charge in [-0.15, -0.1) is 0 Å². The lowest BCUT2D eigenvalue weighted by atomic mass is 9.99. The van der Waals surface area contributed by atoms with E-state index in [9.17, 15) is 4.79 Å². The Labute approximate surface area is 180 Å². The highest BCUT2D eigenvalue weighted by molar-refractivity contribution is 6.04. The Morgan fingerprint density at radius 2 is 1.81 bits per heavy atom. The number of anilines is 1. The third-order valence-electron chi connectivity index (χ3n) is 5.12. The largest absolute Gasteiger partial charge is 0.369 e.